The van der Waals surface area contributed by atoms with Gasteiger partial charge in [0, 0.05) is 30.9 Å². The summed E-state index contributed by atoms with van der Waals surface area (Å²) in [5, 5.41) is 6.47. The zero-order chi connectivity index (χ0) is 17.8. The van der Waals surface area contributed by atoms with E-state index in [2.05, 4.69) is 10.1 Å². The Balaban J connectivity index is 1.73. The Kier molecular flexibility index (Phi) is 5.47. The summed E-state index contributed by atoms with van der Waals surface area (Å²) in [6, 6.07) is 0.118. The molecule has 7 nitrogen and oxygen atoms in total. The summed E-state index contributed by atoms with van der Waals surface area (Å²) >= 11 is 1.43. The van der Waals surface area contributed by atoms with Crippen molar-refractivity contribution in [3.8, 4) is 0 Å². The number of rotatable bonds is 5. The molecule has 2 heterocycles. The van der Waals surface area contributed by atoms with Gasteiger partial charge in [-0.2, -0.15) is 5.10 Å². The average molecular weight is 362 g/mol. The molecule has 1 amide bonds. The van der Waals surface area contributed by atoms with Crippen molar-refractivity contribution in [3.63, 3.8) is 0 Å². The van der Waals surface area contributed by atoms with E-state index in [1.165, 1.54) is 28.6 Å². The van der Waals surface area contributed by atoms with Crippen molar-refractivity contribution in [2.45, 2.75) is 51.2 Å². The number of aryl methyl sites for hydroxylation is 1. The summed E-state index contributed by atoms with van der Waals surface area (Å²) < 4.78 is 6.90. The molecule has 2 aromatic heterocycles. The lowest BCUT2D eigenvalue weighted by Crippen LogP contribution is -2.47. The maximum absolute atomic E-state index is 13.0. The van der Waals surface area contributed by atoms with Crippen LogP contribution >= 0.6 is 11.3 Å². The van der Waals surface area contributed by atoms with E-state index in [1.54, 1.807) is 31.3 Å². The minimum Gasteiger partial charge on any atom is -0.449 e. The lowest BCUT2D eigenvalue weighted by Gasteiger charge is -2.33. The molecule has 3 rings (SSSR count). The molecule has 0 radical (unpaired) electrons. The molecule has 8 heteroatoms. The molecule has 25 heavy (non-hydrogen) atoms. The third kappa shape index (κ3) is 4.07. The summed E-state index contributed by atoms with van der Waals surface area (Å²) in [7, 11) is 1.72. The quantitative estimate of drug-likeness (QED) is 0.765. The van der Waals surface area contributed by atoms with Crippen LogP contribution in [0.25, 0.3) is 0 Å². The van der Waals surface area contributed by atoms with Crippen LogP contribution in [0.4, 0.5) is 5.13 Å². The van der Waals surface area contributed by atoms with Crippen LogP contribution in [0.5, 0.6) is 0 Å². The van der Waals surface area contributed by atoms with Crippen LogP contribution in [0, 0.1) is 0 Å². The highest BCUT2D eigenvalue weighted by Crippen LogP contribution is 2.29. The molecule has 1 aliphatic rings. The molecule has 0 saturated heterocycles. The molecule has 0 N–H and O–H groups in total. The SMILES string of the molecule is C[C@@H](OC(=O)c1cnn(C)c1)C(=O)N(c1nccs1)C1CCCCC1. The molecular formula is C17H22N4O3S. The van der Waals surface area contributed by atoms with Gasteiger partial charge in [0.1, 0.15) is 0 Å². The van der Waals surface area contributed by atoms with E-state index in [4.69, 9.17) is 4.74 Å². The molecule has 1 atom stereocenters. The van der Waals surface area contributed by atoms with Gasteiger partial charge in [0.05, 0.1) is 11.8 Å². The Labute approximate surface area is 150 Å². The molecule has 0 aliphatic heterocycles. The van der Waals surface area contributed by atoms with Crippen LogP contribution in [0.3, 0.4) is 0 Å². The van der Waals surface area contributed by atoms with Gasteiger partial charge in [0.2, 0.25) is 0 Å². The van der Waals surface area contributed by atoms with Crippen molar-refractivity contribution in [1.29, 1.82) is 0 Å². The number of nitrogens with zero attached hydrogens (tertiary/aromatic N) is 4. The first-order chi connectivity index (χ1) is 12.1. The summed E-state index contributed by atoms with van der Waals surface area (Å²) in [6.45, 7) is 1.61. The zero-order valence-corrected chi connectivity index (χ0v) is 15.2. The smallest absolute Gasteiger partial charge is 0.342 e. The van der Waals surface area contributed by atoms with Crippen LogP contribution in [0.1, 0.15) is 49.4 Å². The zero-order valence-electron chi connectivity index (χ0n) is 14.4. The van der Waals surface area contributed by atoms with E-state index in [9.17, 15) is 9.59 Å². The number of hydrogen-bond acceptors (Lipinski definition) is 6. The first-order valence-corrected chi connectivity index (χ1v) is 9.36. The van der Waals surface area contributed by atoms with E-state index in [1.807, 2.05) is 5.38 Å². The average Bonchev–Trinajstić information content (AvgIpc) is 3.28. The van der Waals surface area contributed by atoms with Crippen LogP contribution in [0.2, 0.25) is 0 Å². The van der Waals surface area contributed by atoms with Crippen molar-refractivity contribution in [3.05, 3.63) is 29.5 Å². The van der Waals surface area contributed by atoms with E-state index in [-0.39, 0.29) is 11.9 Å². The minimum atomic E-state index is -0.876. The highest BCUT2D eigenvalue weighted by atomic mass is 32.1. The van der Waals surface area contributed by atoms with Gasteiger partial charge in [-0.1, -0.05) is 19.3 Å². The molecule has 0 spiro atoms. The van der Waals surface area contributed by atoms with Gasteiger partial charge in [-0.3, -0.25) is 14.4 Å². The molecule has 1 saturated carbocycles. The fourth-order valence-corrected chi connectivity index (χ4v) is 3.82. The van der Waals surface area contributed by atoms with Crippen molar-refractivity contribution in [2.75, 3.05) is 4.90 Å². The Morgan fingerprint density at radius 3 is 2.72 bits per heavy atom. The fourth-order valence-electron chi connectivity index (χ4n) is 3.11. The molecule has 0 bridgehead atoms. The predicted octanol–water partition coefficient (Wildman–Crippen LogP) is 2.79. The van der Waals surface area contributed by atoms with Gasteiger partial charge in [-0.05, 0) is 19.8 Å². The van der Waals surface area contributed by atoms with Gasteiger partial charge < -0.3 is 4.74 Å². The lowest BCUT2D eigenvalue weighted by atomic mass is 9.94. The first-order valence-electron chi connectivity index (χ1n) is 8.48. The first kappa shape index (κ1) is 17.6. The Hall–Kier alpha value is -2.22. The molecule has 1 fully saturated rings. The molecule has 2 aromatic rings. The van der Waals surface area contributed by atoms with Gasteiger partial charge in [-0.25, -0.2) is 9.78 Å². The van der Waals surface area contributed by atoms with Crippen molar-refractivity contribution < 1.29 is 14.3 Å². The second-order valence-corrected chi connectivity index (χ2v) is 7.14. The monoisotopic (exact) mass is 362 g/mol. The highest BCUT2D eigenvalue weighted by Gasteiger charge is 2.33. The van der Waals surface area contributed by atoms with Gasteiger partial charge in [0.25, 0.3) is 5.91 Å². The van der Waals surface area contributed by atoms with Gasteiger partial charge in [-0.15, -0.1) is 11.3 Å². The number of aromatic nitrogens is 3. The van der Waals surface area contributed by atoms with Crippen LogP contribution in [-0.4, -0.2) is 38.8 Å². The second-order valence-electron chi connectivity index (χ2n) is 6.26. The number of hydrogen-bond donors (Lipinski definition) is 0. The fraction of sp³-hybridized carbons (Fsp3) is 0.529. The second kappa shape index (κ2) is 7.77. The number of anilines is 1. The Morgan fingerprint density at radius 1 is 1.36 bits per heavy atom. The van der Waals surface area contributed by atoms with E-state index in [0.717, 1.165) is 25.7 Å². The predicted molar refractivity (Wildman–Crippen MR) is 94.6 cm³/mol. The number of thiazole rings is 1. The molecule has 1 aliphatic carbocycles. The van der Waals surface area contributed by atoms with E-state index < -0.39 is 12.1 Å². The molecule has 0 aromatic carbocycles. The maximum atomic E-state index is 13.0. The third-order valence-electron chi connectivity index (χ3n) is 4.37. The van der Waals surface area contributed by atoms with Crippen molar-refractivity contribution in [2.24, 2.45) is 7.05 Å². The molecule has 0 unspecified atom stereocenters. The topological polar surface area (TPSA) is 77.3 Å². The summed E-state index contributed by atoms with van der Waals surface area (Å²) in [4.78, 5) is 31.2. The lowest BCUT2D eigenvalue weighted by molar-refractivity contribution is -0.127. The molecular weight excluding hydrogens is 340 g/mol. The molecule has 134 valence electrons. The standard InChI is InChI=1S/C17H22N4O3S/c1-12(24-16(23)13-10-19-20(2)11-13)15(22)21(17-18-8-9-25-17)14-6-4-3-5-7-14/h8-12,14H,3-7H2,1-2H3/t12-/m1/s1. The number of esters is 1. The summed E-state index contributed by atoms with van der Waals surface area (Å²) in [5.41, 5.74) is 0.334. The van der Waals surface area contributed by atoms with Crippen LogP contribution in [-0.2, 0) is 16.6 Å². The number of carbonyl (C=O) groups excluding carboxylic acids is 2. The van der Waals surface area contributed by atoms with Gasteiger partial charge >= 0.3 is 5.97 Å². The van der Waals surface area contributed by atoms with Crippen molar-refractivity contribution >= 4 is 28.3 Å². The number of ether oxygens (including phenoxy) is 1. The Bertz CT molecular complexity index is 722. The maximum Gasteiger partial charge on any atom is 0.342 e. The van der Waals surface area contributed by atoms with Crippen LogP contribution < -0.4 is 4.90 Å². The number of carbonyl (C=O) groups is 2. The van der Waals surface area contributed by atoms with Crippen molar-refractivity contribution in [1.82, 2.24) is 14.8 Å². The largest absolute Gasteiger partial charge is 0.449 e. The third-order valence-corrected chi connectivity index (χ3v) is 5.15. The summed E-state index contributed by atoms with van der Waals surface area (Å²) in [5.74, 6) is -0.768. The number of amides is 1. The summed E-state index contributed by atoms with van der Waals surface area (Å²) in [6.07, 6.45) is 9.12. The van der Waals surface area contributed by atoms with E-state index in [0.29, 0.717) is 10.7 Å². The van der Waals surface area contributed by atoms with Gasteiger partial charge in [0.15, 0.2) is 11.2 Å². The van der Waals surface area contributed by atoms with Crippen LogP contribution in [0.15, 0.2) is 24.0 Å². The minimum absolute atomic E-state index is 0.118. The highest BCUT2D eigenvalue weighted by molar-refractivity contribution is 7.13. The normalized spacial score (nSPS) is 16.4. The Morgan fingerprint density at radius 2 is 2.12 bits per heavy atom. The van der Waals surface area contributed by atoms with E-state index >= 15 is 0 Å².